The number of aromatic nitrogens is 2. The van der Waals surface area contributed by atoms with Gasteiger partial charge in [0.15, 0.2) is 5.16 Å². The number of aromatic amines is 1. The van der Waals surface area contributed by atoms with E-state index < -0.39 is 0 Å². The lowest BCUT2D eigenvalue weighted by Crippen LogP contribution is -2.21. The lowest BCUT2D eigenvalue weighted by molar-refractivity contribution is 0.340. The first-order valence-electron chi connectivity index (χ1n) is 6.23. The molecule has 0 bridgehead atoms. The number of imidazole rings is 1. The van der Waals surface area contributed by atoms with Crippen molar-refractivity contribution in [2.24, 2.45) is 5.73 Å². The standard InChI is InChI=1S/C13H19N3OS/c1-3-9(14)8-18-13-15-11-6-5-10(17-4-2)7-12(11)16-13/h5-7,9H,3-4,8,14H2,1-2H3,(H,15,16). The Balaban J connectivity index is 2.11. The van der Waals surface area contributed by atoms with Crippen molar-refractivity contribution in [2.45, 2.75) is 31.5 Å². The Morgan fingerprint density at radius 2 is 2.28 bits per heavy atom. The fourth-order valence-electron chi connectivity index (χ4n) is 1.59. The summed E-state index contributed by atoms with van der Waals surface area (Å²) in [5, 5.41) is 0.919. The number of thioether (sulfide) groups is 1. The molecule has 18 heavy (non-hydrogen) atoms. The van der Waals surface area contributed by atoms with Gasteiger partial charge in [0, 0.05) is 17.9 Å². The van der Waals surface area contributed by atoms with E-state index in [1.807, 2.05) is 25.1 Å². The van der Waals surface area contributed by atoms with Crippen LogP contribution in [0.5, 0.6) is 5.75 Å². The summed E-state index contributed by atoms with van der Waals surface area (Å²) < 4.78 is 5.46. The van der Waals surface area contributed by atoms with Gasteiger partial charge in [0.05, 0.1) is 17.6 Å². The first-order chi connectivity index (χ1) is 8.72. The second kappa shape index (κ2) is 6.11. The molecular weight excluding hydrogens is 246 g/mol. The number of H-pyrrole nitrogens is 1. The lowest BCUT2D eigenvalue weighted by atomic mass is 10.3. The molecule has 0 radical (unpaired) electrons. The molecule has 0 aliphatic heterocycles. The molecule has 1 heterocycles. The van der Waals surface area contributed by atoms with Crippen LogP contribution < -0.4 is 10.5 Å². The highest BCUT2D eigenvalue weighted by Gasteiger charge is 2.06. The van der Waals surface area contributed by atoms with E-state index in [4.69, 9.17) is 10.5 Å². The molecule has 0 aliphatic carbocycles. The zero-order valence-corrected chi connectivity index (χ0v) is 11.6. The molecule has 2 aromatic rings. The molecule has 4 nitrogen and oxygen atoms in total. The topological polar surface area (TPSA) is 63.9 Å². The summed E-state index contributed by atoms with van der Waals surface area (Å²) in [5.74, 6) is 1.75. The monoisotopic (exact) mass is 265 g/mol. The van der Waals surface area contributed by atoms with E-state index in [9.17, 15) is 0 Å². The van der Waals surface area contributed by atoms with E-state index in [0.717, 1.165) is 34.1 Å². The second-order valence-corrected chi connectivity index (χ2v) is 5.14. The molecule has 0 saturated heterocycles. The lowest BCUT2D eigenvalue weighted by Gasteiger charge is -2.05. The number of ether oxygens (including phenoxy) is 1. The van der Waals surface area contributed by atoms with Crippen LogP contribution in [0.1, 0.15) is 20.3 Å². The van der Waals surface area contributed by atoms with Crippen LogP contribution in [0.25, 0.3) is 11.0 Å². The molecule has 5 heteroatoms. The van der Waals surface area contributed by atoms with Crippen LogP contribution in [-0.2, 0) is 0 Å². The van der Waals surface area contributed by atoms with Gasteiger partial charge >= 0.3 is 0 Å². The molecule has 1 aromatic carbocycles. The predicted molar refractivity (Wildman–Crippen MR) is 76.3 cm³/mol. The third-order valence-corrected chi connectivity index (χ3v) is 3.76. The van der Waals surface area contributed by atoms with Crippen LogP contribution >= 0.6 is 11.8 Å². The van der Waals surface area contributed by atoms with E-state index in [2.05, 4.69) is 16.9 Å². The maximum absolute atomic E-state index is 5.90. The van der Waals surface area contributed by atoms with Crippen molar-refractivity contribution in [1.82, 2.24) is 9.97 Å². The number of benzene rings is 1. The van der Waals surface area contributed by atoms with Gasteiger partial charge in [-0.15, -0.1) is 0 Å². The first kappa shape index (κ1) is 13.2. The van der Waals surface area contributed by atoms with Gasteiger partial charge in [-0.25, -0.2) is 4.98 Å². The SMILES string of the molecule is CCOc1ccc2nc(SCC(N)CC)[nH]c2c1. The third-order valence-electron chi connectivity index (χ3n) is 2.70. The molecule has 1 aromatic heterocycles. The van der Waals surface area contributed by atoms with Crippen LogP contribution in [0.3, 0.4) is 0 Å². The van der Waals surface area contributed by atoms with Crippen molar-refractivity contribution < 1.29 is 4.74 Å². The van der Waals surface area contributed by atoms with Crippen LogP contribution in [0, 0.1) is 0 Å². The summed E-state index contributed by atoms with van der Waals surface area (Å²) in [5.41, 5.74) is 7.87. The molecule has 0 fully saturated rings. The molecule has 2 rings (SSSR count). The first-order valence-corrected chi connectivity index (χ1v) is 7.22. The van der Waals surface area contributed by atoms with Gasteiger partial charge in [0.25, 0.3) is 0 Å². The molecule has 1 atom stereocenters. The minimum absolute atomic E-state index is 0.224. The molecule has 0 aliphatic rings. The maximum atomic E-state index is 5.90. The van der Waals surface area contributed by atoms with Gasteiger partial charge in [0.1, 0.15) is 5.75 Å². The summed E-state index contributed by atoms with van der Waals surface area (Å²) in [6, 6.07) is 6.12. The summed E-state index contributed by atoms with van der Waals surface area (Å²) in [7, 11) is 0. The highest BCUT2D eigenvalue weighted by Crippen LogP contribution is 2.23. The van der Waals surface area contributed by atoms with Gasteiger partial charge in [-0.3, -0.25) is 0 Å². The average molecular weight is 265 g/mol. The number of nitrogens with one attached hydrogen (secondary N) is 1. The van der Waals surface area contributed by atoms with E-state index >= 15 is 0 Å². The molecule has 0 spiro atoms. The molecule has 1 unspecified atom stereocenters. The maximum Gasteiger partial charge on any atom is 0.166 e. The Morgan fingerprint density at radius 1 is 1.44 bits per heavy atom. The highest BCUT2D eigenvalue weighted by atomic mass is 32.2. The number of hydrogen-bond donors (Lipinski definition) is 2. The van der Waals surface area contributed by atoms with Gasteiger partial charge in [-0.2, -0.15) is 0 Å². The summed E-state index contributed by atoms with van der Waals surface area (Å²) in [6.07, 6.45) is 0.988. The van der Waals surface area contributed by atoms with Crippen molar-refractivity contribution in [3.05, 3.63) is 18.2 Å². The van der Waals surface area contributed by atoms with E-state index in [1.165, 1.54) is 0 Å². The third kappa shape index (κ3) is 3.17. The number of nitrogens with two attached hydrogens (primary N) is 1. The largest absolute Gasteiger partial charge is 0.494 e. The second-order valence-electron chi connectivity index (χ2n) is 4.13. The Kier molecular flexibility index (Phi) is 4.49. The number of rotatable bonds is 6. The van der Waals surface area contributed by atoms with E-state index in [0.29, 0.717) is 6.61 Å². The normalized spacial score (nSPS) is 12.8. The quantitative estimate of drug-likeness (QED) is 0.788. The zero-order chi connectivity index (χ0) is 13.0. The number of fused-ring (bicyclic) bond motifs is 1. The van der Waals surface area contributed by atoms with Gasteiger partial charge < -0.3 is 15.5 Å². The Bertz CT molecular complexity index is 512. The minimum Gasteiger partial charge on any atom is -0.494 e. The zero-order valence-electron chi connectivity index (χ0n) is 10.8. The fraction of sp³-hybridized carbons (Fsp3) is 0.462. The number of nitrogens with zero attached hydrogens (tertiary/aromatic N) is 1. The Hall–Kier alpha value is -1.20. The van der Waals surface area contributed by atoms with Crippen molar-refractivity contribution in [3.63, 3.8) is 0 Å². The van der Waals surface area contributed by atoms with Crippen molar-refractivity contribution >= 4 is 22.8 Å². The van der Waals surface area contributed by atoms with Gasteiger partial charge in [-0.05, 0) is 25.5 Å². The molecule has 98 valence electrons. The Morgan fingerprint density at radius 3 is 3.00 bits per heavy atom. The van der Waals surface area contributed by atoms with Crippen molar-refractivity contribution in [1.29, 1.82) is 0 Å². The highest BCUT2D eigenvalue weighted by molar-refractivity contribution is 7.99. The Labute approximate surface area is 111 Å². The summed E-state index contributed by atoms with van der Waals surface area (Å²) in [4.78, 5) is 7.81. The summed E-state index contributed by atoms with van der Waals surface area (Å²) >= 11 is 1.67. The van der Waals surface area contributed by atoms with Crippen molar-refractivity contribution in [2.75, 3.05) is 12.4 Å². The fourth-order valence-corrected chi connectivity index (χ4v) is 2.55. The minimum atomic E-state index is 0.224. The van der Waals surface area contributed by atoms with Crippen molar-refractivity contribution in [3.8, 4) is 5.75 Å². The van der Waals surface area contributed by atoms with E-state index in [1.54, 1.807) is 11.8 Å². The molecule has 0 saturated carbocycles. The summed E-state index contributed by atoms with van der Waals surface area (Å²) in [6.45, 7) is 4.75. The van der Waals surface area contributed by atoms with Crippen LogP contribution in [0.2, 0.25) is 0 Å². The number of hydrogen-bond acceptors (Lipinski definition) is 4. The van der Waals surface area contributed by atoms with Gasteiger partial charge in [-0.1, -0.05) is 18.7 Å². The van der Waals surface area contributed by atoms with Crippen LogP contribution in [-0.4, -0.2) is 28.4 Å². The predicted octanol–water partition coefficient (Wildman–Crippen LogP) is 2.79. The average Bonchev–Trinajstić information content (AvgIpc) is 2.78. The van der Waals surface area contributed by atoms with Gasteiger partial charge in [0.2, 0.25) is 0 Å². The smallest absolute Gasteiger partial charge is 0.166 e. The molecular formula is C13H19N3OS. The van der Waals surface area contributed by atoms with E-state index in [-0.39, 0.29) is 6.04 Å². The van der Waals surface area contributed by atoms with Crippen LogP contribution in [0.15, 0.2) is 23.4 Å². The molecule has 0 amide bonds. The molecule has 3 N–H and O–H groups in total. The van der Waals surface area contributed by atoms with Crippen LogP contribution in [0.4, 0.5) is 0 Å².